The Morgan fingerprint density at radius 1 is 1.38 bits per heavy atom. The van der Waals surface area contributed by atoms with E-state index in [0.29, 0.717) is 6.61 Å². The molecule has 0 unspecified atom stereocenters. The first kappa shape index (κ1) is 9.73. The number of amides is 2. The molecule has 0 bridgehead atoms. The molecule has 0 aromatic rings. The van der Waals surface area contributed by atoms with Gasteiger partial charge in [0.05, 0.1) is 12.2 Å². The molecule has 2 N–H and O–H groups in total. The van der Waals surface area contributed by atoms with Crippen LogP contribution in [0.3, 0.4) is 0 Å². The Bertz CT molecular complexity index is 243. The first-order valence-electron chi connectivity index (χ1n) is 4.03. The van der Waals surface area contributed by atoms with Crippen LogP contribution >= 0.6 is 0 Å². The van der Waals surface area contributed by atoms with Crippen molar-refractivity contribution in [2.24, 2.45) is 0 Å². The highest BCUT2D eigenvalue weighted by atomic mass is 16.5. The molecule has 0 atom stereocenters. The minimum atomic E-state index is -0.518. The first-order chi connectivity index (χ1) is 6.20. The largest absolute Gasteiger partial charge is 0.488 e. The summed E-state index contributed by atoms with van der Waals surface area (Å²) >= 11 is 0. The normalized spacial score (nSPS) is 16.5. The van der Waals surface area contributed by atoms with Crippen LogP contribution in [0.15, 0.2) is 11.3 Å². The summed E-state index contributed by atoms with van der Waals surface area (Å²) in [6.45, 7) is 1.87. The Labute approximate surface area is 75.4 Å². The zero-order valence-corrected chi connectivity index (χ0v) is 7.29. The van der Waals surface area contributed by atoms with Crippen LogP contribution in [0.5, 0.6) is 0 Å². The number of hydrogen-bond acceptors (Lipinski definition) is 4. The lowest BCUT2D eigenvalue weighted by atomic mass is 10.2. The summed E-state index contributed by atoms with van der Waals surface area (Å²) < 4.78 is 4.99. The van der Waals surface area contributed by atoms with Crippen molar-refractivity contribution in [1.29, 1.82) is 0 Å². The highest BCUT2D eigenvalue weighted by molar-refractivity contribution is 6.18. The average Bonchev–Trinajstić information content (AvgIpc) is 2.33. The van der Waals surface area contributed by atoms with Crippen LogP contribution in [0, 0.1) is 0 Å². The lowest BCUT2D eigenvalue weighted by Gasteiger charge is -2.02. The van der Waals surface area contributed by atoms with Gasteiger partial charge in [0.2, 0.25) is 0 Å². The van der Waals surface area contributed by atoms with Crippen molar-refractivity contribution in [3.05, 3.63) is 11.3 Å². The molecular weight excluding hydrogens is 174 g/mol. The Balaban J connectivity index is 2.88. The zero-order chi connectivity index (χ0) is 9.84. The Kier molecular flexibility index (Phi) is 3.02. The summed E-state index contributed by atoms with van der Waals surface area (Å²) in [6.07, 6.45) is 0.146. The summed E-state index contributed by atoms with van der Waals surface area (Å²) in [4.78, 5) is 22.1. The zero-order valence-electron chi connectivity index (χ0n) is 7.29. The number of carbonyl (C=O) groups excluding carboxylic acids is 2. The van der Waals surface area contributed by atoms with Crippen molar-refractivity contribution in [3.8, 4) is 0 Å². The van der Waals surface area contributed by atoms with E-state index in [1.807, 2.05) is 0 Å². The molecule has 2 amide bonds. The van der Waals surface area contributed by atoms with Gasteiger partial charge in [0.1, 0.15) is 0 Å². The van der Waals surface area contributed by atoms with E-state index < -0.39 is 11.8 Å². The maximum atomic E-state index is 11.1. The second-order valence-electron chi connectivity index (χ2n) is 2.50. The molecule has 1 aliphatic rings. The monoisotopic (exact) mass is 185 g/mol. The summed E-state index contributed by atoms with van der Waals surface area (Å²) in [5, 5.41) is 10.7. The van der Waals surface area contributed by atoms with E-state index in [-0.39, 0.29) is 24.4 Å². The van der Waals surface area contributed by atoms with Gasteiger partial charge in [-0.25, -0.2) is 0 Å². The number of imide groups is 1. The number of carbonyl (C=O) groups is 2. The quantitative estimate of drug-likeness (QED) is 0.569. The van der Waals surface area contributed by atoms with E-state index in [9.17, 15) is 9.59 Å². The van der Waals surface area contributed by atoms with Crippen LogP contribution in [-0.2, 0) is 14.3 Å². The van der Waals surface area contributed by atoms with Crippen molar-refractivity contribution < 1.29 is 19.4 Å². The van der Waals surface area contributed by atoms with Gasteiger partial charge in [-0.05, 0) is 6.92 Å². The molecule has 1 aliphatic heterocycles. The topological polar surface area (TPSA) is 75.6 Å². The van der Waals surface area contributed by atoms with E-state index in [4.69, 9.17) is 9.84 Å². The predicted molar refractivity (Wildman–Crippen MR) is 43.5 cm³/mol. The number of ether oxygens (including phenoxy) is 1. The number of aliphatic hydroxyl groups excluding tert-OH is 1. The van der Waals surface area contributed by atoms with Crippen molar-refractivity contribution >= 4 is 11.8 Å². The Morgan fingerprint density at radius 3 is 2.62 bits per heavy atom. The number of nitrogens with one attached hydrogen (secondary N) is 1. The molecule has 5 nitrogen and oxygen atoms in total. The maximum Gasteiger partial charge on any atom is 0.293 e. The number of hydrogen-bond donors (Lipinski definition) is 2. The van der Waals surface area contributed by atoms with Crippen molar-refractivity contribution in [1.82, 2.24) is 5.32 Å². The Hall–Kier alpha value is -1.36. The molecule has 0 aromatic heterocycles. The average molecular weight is 185 g/mol. The van der Waals surface area contributed by atoms with E-state index in [1.54, 1.807) is 6.92 Å². The lowest BCUT2D eigenvalue weighted by molar-refractivity contribution is -0.125. The molecule has 0 spiro atoms. The molecule has 1 rings (SSSR count). The second-order valence-corrected chi connectivity index (χ2v) is 2.50. The molecule has 0 radical (unpaired) electrons. The lowest BCUT2D eigenvalue weighted by Crippen LogP contribution is -2.23. The van der Waals surface area contributed by atoms with E-state index in [0.717, 1.165) is 0 Å². The minimum absolute atomic E-state index is 0.0431. The third-order valence-electron chi connectivity index (χ3n) is 1.63. The molecule has 5 heteroatoms. The third kappa shape index (κ3) is 1.86. The Morgan fingerprint density at radius 2 is 2.08 bits per heavy atom. The molecule has 1 heterocycles. The second kappa shape index (κ2) is 4.04. The van der Waals surface area contributed by atoms with Gasteiger partial charge in [0.25, 0.3) is 11.8 Å². The van der Waals surface area contributed by atoms with Gasteiger partial charge in [-0.2, -0.15) is 0 Å². The summed E-state index contributed by atoms with van der Waals surface area (Å²) in [5.74, 6) is -0.945. The fraction of sp³-hybridized carbons (Fsp3) is 0.500. The van der Waals surface area contributed by atoms with Crippen LogP contribution in [-0.4, -0.2) is 30.1 Å². The van der Waals surface area contributed by atoms with Crippen LogP contribution in [0.1, 0.15) is 13.3 Å². The van der Waals surface area contributed by atoms with Gasteiger partial charge in [-0.15, -0.1) is 0 Å². The summed E-state index contributed by atoms with van der Waals surface area (Å²) in [5.41, 5.74) is 0.231. The summed E-state index contributed by atoms with van der Waals surface area (Å²) in [7, 11) is 0. The highest BCUT2D eigenvalue weighted by Gasteiger charge is 2.30. The molecule has 0 saturated carbocycles. The van der Waals surface area contributed by atoms with E-state index in [1.165, 1.54) is 0 Å². The first-order valence-corrected chi connectivity index (χ1v) is 4.03. The van der Waals surface area contributed by atoms with E-state index >= 15 is 0 Å². The van der Waals surface area contributed by atoms with Crippen LogP contribution in [0.25, 0.3) is 0 Å². The smallest absolute Gasteiger partial charge is 0.293 e. The van der Waals surface area contributed by atoms with Crippen LogP contribution in [0.2, 0.25) is 0 Å². The highest BCUT2D eigenvalue weighted by Crippen LogP contribution is 2.16. The molecule has 0 aromatic carbocycles. The number of rotatable bonds is 4. The van der Waals surface area contributed by atoms with Gasteiger partial charge >= 0.3 is 0 Å². The van der Waals surface area contributed by atoms with Gasteiger partial charge in [-0.1, -0.05) is 0 Å². The molecule has 0 aliphatic carbocycles. The molecule has 13 heavy (non-hydrogen) atoms. The third-order valence-corrected chi connectivity index (χ3v) is 1.63. The summed E-state index contributed by atoms with van der Waals surface area (Å²) in [6, 6.07) is 0. The van der Waals surface area contributed by atoms with Gasteiger partial charge < -0.3 is 9.84 Å². The fourth-order valence-electron chi connectivity index (χ4n) is 1.11. The van der Waals surface area contributed by atoms with Gasteiger partial charge in [0, 0.05) is 13.0 Å². The van der Waals surface area contributed by atoms with Crippen LogP contribution < -0.4 is 5.32 Å². The van der Waals surface area contributed by atoms with Crippen molar-refractivity contribution in [2.75, 3.05) is 13.2 Å². The van der Waals surface area contributed by atoms with Crippen molar-refractivity contribution in [2.45, 2.75) is 13.3 Å². The van der Waals surface area contributed by atoms with Crippen molar-refractivity contribution in [3.63, 3.8) is 0 Å². The van der Waals surface area contributed by atoms with Crippen LogP contribution in [0.4, 0.5) is 0 Å². The standard InChI is InChI=1S/C8H11NO4/c1-2-13-6-5(3-4-10)7(11)9-8(6)12/h10H,2-4H2,1H3,(H,9,11,12). The molecular formula is C8H11NO4. The maximum absolute atomic E-state index is 11.1. The minimum Gasteiger partial charge on any atom is -0.488 e. The van der Waals surface area contributed by atoms with Gasteiger partial charge in [0.15, 0.2) is 5.76 Å². The van der Waals surface area contributed by atoms with Gasteiger partial charge in [-0.3, -0.25) is 14.9 Å². The molecule has 0 saturated heterocycles. The van der Waals surface area contributed by atoms with E-state index in [2.05, 4.69) is 5.32 Å². The number of aliphatic hydroxyl groups is 1. The predicted octanol–water partition coefficient (Wildman–Crippen LogP) is -0.684. The fourth-order valence-corrected chi connectivity index (χ4v) is 1.11. The SMILES string of the molecule is CCOC1=C(CCO)C(=O)NC1=O. The molecule has 72 valence electrons. The molecule has 0 fully saturated rings.